The Balaban J connectivity index is 3.48. The standard InChI is InChI=1S/C12H22O4/c1-9(5-3-4-6-11(13)14)7-8-10(2)12(15)16/h9-10H,3-8H2,1-2H3,(H,13,14)(H,15,16). The molecule has 0 aliphatic carbocycles. The van der Waals surface area contributed by atoms with Crippen LogP contribution < -0.4 is 0 Å². The first kappa shape index (κ1) is 14.9. The number of hydrogen-bond acceptors (Lipinski definition) is 2. The molecule has 94 valence electrons. The van der Waals surface area contributed by atoms with Crippen molar-refractivity contribution in [2.45, 2.75) is 52.4 Å². The van der Waals surface area contributed by atoms with E-state index in [1.165, 1.54) is 0 Å². The third kappa shape index (κ3) is 8.26. The fourth-order valence-corrected chi connectivity index (χ4v) is 1.57. The molecule has 4 heteroatoms. The summed E-state index contributed by atoms with van der Waals surface area (Å²) in [5.41, 5.74) is 0. The predicted molar refractivity (Wildman–Crippen MR) is 61.3 cm³/mol. The van der Waals surface area contributed by atoms with E-state index in [4.69, 9.17) is 10.2 Å². The first-order valence-electron chi connectivity index (χ1n) is 5.88. The summed E-state index contributed by atoms with van der Waals surface area (Å²) in [5.74, 6) is -1.28. The highest BCUT2D eigenvalue weighted by Gasteiger charge is 2.12. The minimum Gasteiger partial charge on any atom is -0.481 e. The minimum absolute atomic E-state index is 0.234. The van der Waals surface area contributed by atoms with Gasteiger partial charge >= 0.3 is 11.9 Å². The summed E-state index contributed by atoms with van der Waals surface area (Å²) in [5, 5.41) is 17.2. The summed E-state index contributed by atoms with van der Waals surface area (Å²) >= 11 is 0. The number of carboxylic acids is 2. The Morgan fingerprint density at radius 1 is 1.00 bits per heavy atom. The Morgan fingerprint density at radius 2 is 1.62 bits per heavy atom. The fourth-order valence-electron chi connectivity index (χ4n) is 1.57. The molecule has 4 nitrogen and oxygen atoms in total. The van der Waals surface area contributed by atoms with E-state index < -0.39 is 11.9 Å². The Labute approximate surface area is 96.7 Å². The monoisotopic (exact) mass is 230 g/mol. The lowest BCUT2D eigenvalue weighted by Crippen LogP contribution is -2.10. The molecule has 0 amide bonds. The van der Waals surface area contributed by atoms with Gasteiger partial charge in [0.15, 0.2) is 0 Å². The first-order chi connectivity index (χ1) is 7.43. The zero-order valence-electron chi connectivity index (χ0n) is 10.1. The zero-order chi connectivity index (χ0) is 12.6. The normalized spacial score (nSPS) is 14.4. The van der Waals surface area contributed by atoms with Crippen LogP contribution in [0.5, 0.6) is 0 Å². The Hall–Kier alpha value is -1.06. The molecule has 0 bridgehead atoms. The summed E-state index contributed by atoms with van der Waals surface area (Å²) < 4.78 is 0. The van der Waals surface area contributed by atoms with Crippen molar-refractivity contribution in [1.29, 1.82) is 0 Å². The minimum atomic E-state index is -0.743. The topological polar surface area (TPSA) is 74.6 Å². The lowest BCUT2D eigenvalue weighted by molar-refractivity contribution is -0.141. The number of carboxylic acid groups (broad SMARTS) is 2. The van der Waals surface area contributed by atoms with E-state index in [-0.39, 0.29) is 12.3 Å². The van der Waals surface area contributed by atoms with Crippen LogP contribution in [0.1, 0.15) is 52.4 Å². The highest BCUT2D eigenvalue weighted by Crippen LogP contribution is 2.18. The van der Waals surface area contributed by atoms with E-state index >= 15 is 0 Å². The van der Waals surface area contributed by atoms with Crippen LogP contribution in [0.15, 0.2) is 0 Å². The van der Waals surface area contributed by atoms with Crippen molar-refractivity contribution in [3.63, 3.8) is 0 Å². The van der Waals surface area contributed by atoms with Gasteiger partial charge in [0.25, 0.3) is 0 Å². The zero-order valence-corrected chi connectivity index (χ0v) is 10.1. The van der Waals surface area contributed by atoms with Crippen molar-refractivity contribution >= 4 is 11.9 Å². The molecule has 0 fully saturated rings. The third-order valence-electron chi connectivity index (χ3n) is 2.85. The molecule has 0 rings (SSSR count). The van der Waals surface area contributed by atoms with Crippen LogP contribution in [0.25, 0.3) is 0 Å². The molecule has 2 unspecified atom stereocenters. The second-order valence-corrected chi connectivity index (χ2v) is 4.56. The largest absolute Gasteiger partial charge is 0.481 e. The Morgan fingerprint density at radius 3 is 2.12 bits per heavy atom. The smallest absolute Gasteiger partial charge is 0.306 e. The molecule has 0 aliphatic rings. The van der Waals surface area contributed by atoms with Crippen molar-refractivity contribution in [1.82, 2.24) is 0 Å². The maximum absolute atomic E-state index is 10.6. The van der Waals surface area contributed by atoms with Crippen molar-refractivity contribution in [3.05, 3.63) is 0 Å². The summed E-state index contributed by atoms with van der Waals surface area (Å²) in [6, 6.07) is 0. The van der Waals surface area contributed by atoms with Gasteiger partial charge in [-0.1, -0.05) is 26.7 Å². The van der Waals surface area contributed by atoms with Gasteiger partial charge in [0.2, 0.25) is 0 Å². The predicted octanol–water partition coefficient (Wildman–Crippen LogP) is 2.77. The van der Waals surface area contributed by atoms with Crippen LogP contribution in [0.4, 0.5) is 0 Å². The molecule has 16 heavy (non-hydrogen) atoms. The average molecular weight is 230 g/mol. The summed E-state index contributed by atoms with van der Waals surface area (Å²) in [7, 11) is 0. The van der Waals surface area contributed by atoms with Crippen LogP contribution in [-0.4, -0.2) is 22.2 Å². The lowest BCUT2D eigenvalue weighted by Gasteiger charge is -2.12. The van der Waals surface area contributed by atoms with Crippen molar-refractivity contribution in [3.8, 4) is 0 Å². The van der Waals surface area contributed by atoms with Crippen molar-refractivity contribution in [2.24, 2.45) is 11.8 Å². The van der Waals surface area contributed by atoms with Gasteiger partial charge in [-0.15, -0.1) is 0 Å². The Bertz CT molecular complexity index is 225. The molecular weight excluding hydrogens is 208 g/mol. The molecule has 0 aromatic heterocycles. The van der Waals surface area contributed by atoms with E-state index in [9.17, 15) is 9.59 Å². The molecule has 0 saturated carbocycles. The summed E-state index contributed by atoms with van der Waals surface area (Å²) in [6.45, 7) is 3.81. The third-order valence-corrected chi connectivity index (χ3v) is 2.85. The molecule has 0 spiro atoms. The van der Waals surface area contributed by atoms with E-state index in [0.29, 0.717) is 18.8 Å². The lowest BCUT2D eigenvalue weighted by atomic mass is 9.94. The van der Waals surface area contributed by atoms with Gasteiger partial charge in [-0.05, 0) is 25.2 Å². The number of carbonyl (C=O) groups is 2. The SMILES string of the molecule is CC(CCCCC(=O)O)CCC(C)C(=O)O. The fraction of sp³-hybridized carbons (Fsp3) is 0.833. The van der Waals surface area contributed by atoms with Crippen LogP contribution in [0.2, 0.25) is 0 Å². The van der Waals surface area contributed by atoms with E-state index in [2.05, 4.69) is 6.92 Å². The van der Waals surface area contributed by atoms with Crippen LogP contribution in [0.3, 0.4) is 0 Å². The van der Waals surface area contributed by atoms with Crippen molar-refractivity contribution < 1.29 is 19.8 Å². The maximum Gasteiger partial charge on any atom is 0.306 e. The van der Waals surface area contributed by atoms with Crippen molar-refractivity contribution in [2.75, 3.05) is 0 Å². The average Bonchev–Trinajstić information content (AvgIpc) is 2.20. The van der Waals surface area contributed by atoms with Gasteiger partial charge in [-0.25, -0.2) is 0 Å². The molecule has 2 N–H and O–H groups in total. The highest BCUT2D eigenvalue weighted by atomic mass is 16.4. The van der Waals surface area contributed by atoms with Gasteiger partial charge in [0, 0.05) is 6.42 Å². The van der Waals surface area contributed by atoms with Crippen LogP contribution in [-0.2, 0) is 9.59 Å². The van der Waals surface area contributed by atoms with Gasteiger partial charge in [0.1, 0.15) is 0 Å². The second-order valence-electron chi connectivity index (χ2n) is 4.56. The molecule has 0 aromatic rings. The van der Waals surface area contributed by atoms with Gasteiger partial charge < -0.3 is 10.2 Å². The van der Waals surface area contributed by atoms with E-state index in [1.807, 2.05) is 0 Å². The first-order valence-corrected chi connectivity index (χ1v) is 5.88. The number of rotatable bonds is 9. The van der Waals surface area contributed by atoms with E-state index in [0.717, 1.165) is 19.3 Å². The maximum atomic E-state index is 10.6. The molecule has 2 atom stereocenters. The quantitative estimate of drug-likeness (QED) is 0.597. The molecule has 0 aliphatic heterocycles. The van der Waals surface area contributed by atoms with Crippen LogP contribution >= 0.6 is 0 Å². The molecule has 0 heterocycles. The van der Waals surface area contributed by atoms with E-state index in [1.54, 1.807) is 6.92 Å². The number of hydrogen-bond donors (Lipinski definition) is 2. The number of aliphatic carboxylic acids is 2. The summed E-state index contributed by atoms with van der Waals surface area (Å²) in [6.07, 6.45) is 4.46. The molecule has 0 radical (unpaired) electrons. The van der Waals surface area contributed by atoms with Gasteiger partial charge in [-0.2, -0.15) is 0 Å². The molecular formula is C12H22O4. The second kappa shape index (κ2) is 8.13. The highest BCUT2D eigenvalue weighted by molar-refractivity contribution is 5.69. The molecule has 0 saturated heterocycles. The van der Waals surface area contributed by atoms with Gasteiger partial charge in [-0.3, -0.25) is 9.59 Å². The summed E-state index contributed by atoms with van der Waals surface area (Å²) in [4.78, 5) is 20.9. The van der Waals surface area contributed by atoms with Gasteiger partial charge in [0.05, 0.1) is 5.92 Å². The van der Waals surface area contributed by atoms with Crippen LogP contribution in [0, 0.1) is 11.8 Å². The molecule has 0 aromatic carbocycles. The Kier molecular flexibility index (Phi) is 7.60. The number of unbranched alkanes of at least 4 members (excludes halogenated alkanes) is 1.